The van der Waals surface area contributed by atoms with Crippen LogP contribution in [0.25, 0.3) is 0 Å². The lowest BCUT2D eigenvalue weighted by atomic mass is 9.83. The lowest BCUT2D eigenvalue weighted by Gasteiger charge is -2.29. The van der Waals surface area contributed by atoms with Crippen LogP contribution in [0.2, 0.25) is 0 Å². The summed E-state index contributed by atoms with van der Waals surface area (Å²) >= 11 is 0. The van der Waals surface area contributed by atoms with Crippen molar-refractivity contribution >= 4 is 5.97 Å². The van der Waals surface area contributed by atoms with E-state index in [2.05, 4.69) is 4.98 Å². The Bertz CT molecular complexity index is 1250. The number of methoxy groups -OCH3 is 2. The van der Waals surface area contributed by atoms with Crippen molar-refractivity contribution < 1.29 is 19.0 Å². The summed E-state index contributed by atoms with van der Waals surface area (Å²) in [5.41, 5.74) is 8.58. The molecule has 8 nitrogen and oxygen atoms in total. The predicted octanol–water partition coefficient (Wildman–Crippen LogP) is 2.48. The van der Waals surface area contributed by atoms with E-state index in [1.54, 1.807) is 54.4 Å². The van der Waals surface area contributed by atoms with Gasteiger partial charge >= 0.3 is 5.97 Å². The van der Waals surface area contributed by atoms with Crippen LogP contribution in [-0.4, -0.2) is 29.7 Å². The molecule has 164 valence electrons. The van der Waals surface area contributed by atoms with Crippen LogP contribution >= 0.6 is 0 Å². The second-order valence-corrected chi connectivity index (χ2v) is 7.39. The number of nitrogens with two attached hydrogens (primary N) is 1. The molecule has 3 aromatic rings. The summed E-state index contributed by atoms with van der Waals surface area (Å²) in [5, 5.41) is 0. The summed E-state index contributed by atoms with van der Waals surface area (Å²) in [5.74, 6) is -0.527. The van der Waals surface area contributed by atoms with Gasteiger partial charge in [0, 0.05) is 24.2 Å². The highest BCUT2D eigenvalue weighted by Crippen LogP contribution is 2.41. The lowest BCUT2D eigenvalue weighted by molar-refractivity contribution is -0.136. The van der Waals surface area contributed by atoms with Crippen molar-refractivity contribution in [3.8, 4) is 11.5 Å². The number of aryl methyl sites for hydroxylation is 1. The van der Waals surface area contributed by atoms with Crippen LogP contribution in [0, 0.1) is 6.92 Å². The van der Waals surface area contributed by atoms with Crippen LogP contribution in [-0.2, 0) is 16.1 Å². The maximum atomic E-state index is 13.7. The van der Waals surface area contributed by atoms with Gasteiger partial charge in [-0.15, -0.1) is 0 Å². The number of carbonyl (C=O) groups is 1. The van der Waals surface area contributed by atoms with Gasteiger partial charge in [0.25, 0.3) is 5.56 Å². The topological polar surface area (TPSA) is 106 Å². The highest BCUT2D eigenvalue weighted by atomic mass is 16.5. The second-order valence-electron chi connectivity index (χ2n) is 7.39. The third-order valence-electron chi connectivity index (χ3n) is 5.51. The van der Waals surface area contributed by atoms with Crippen LogP contribution in [0.4, 0.5) is 0 Å². The molecule has 0 amide bonds. The molecule has 1 unspecified atom stereocenters. The fourth-order valence-electron chi connectivity index (χ4n) is 3.89. The third-order valence-corrected chi connectivity index (χ3v) is 5.51. The number of hydrogen-bond acceptors (Lipinski definition) is 7. The summed E-state index contributed by atoms with van der Waals surface area (Å²) in [6.07, 6.45) is 3.35. The van der Waals surface area contributed by atoms with E-state index in [-0.39, 0.29) is 17.0 Å². The summed E-state index contributed by atoms with van der Waals surface area (Å²) in [4.78, 5) is 30.4. The maximum Gasteiger partial charge on any atom is 0.340 e. The molecule has 2 aromatic heterocycles. The number of esters is 1. The van der Waals surface area contributed by atoms with E-state index in [1.807, 2.05) is 19.1 Å². The fraction of sp³-hybridized carbons (Fsp3) is 0.208. The number of carbonyl (C=O) groups excluding carboxylic acids is 1. The first-order valence-corrected chi connectivity index (χ1v) is 9.97. The summed E-state index contributed by atoms with van der Waals surface area (Å²) in [6.45, 7) is 2.17. The van der Waals surface area contributed by atoms with E-state index in [0.29, 0.717) is 34.9 Å². The van der Waals surface area contributed by atoms with Crippen LogP contribution in [0.5, 0.6) is 11.5 Å². The molecule has 8 heteroatoms. The van der Waals surface area contributed by atoms with E-state index in [4.69, 9.17) is 19.9 Å². The minimum absolute atomic E-state index is 0.0848. The minimum atomic E-state index is -0.756. The van der Waals surface area contributed by atoms with Gasteiger partial charge in [-0.2, -0.15) is 0 Å². The Morgan fingerprint density at radius 1 is 1.16 bits per heavy atom. The first-order valence-electron chi connectivity index (χ1n) is 9.97. The van der Waals surface area contributed by atoms with Crippen molar-refractivity contribution in [2.24, 2.45) is 5.73 Å². The van der Waals surface area contributed by atoms with E-state index in [9.17, 15) is 9.59 Å². The number of pyridine rings is 2. The number of aromatic nitrogens is 2. The van der Waals surface area contributed by atoms with Gasteiger partial charge in [-0.05, 0) is 42.3 Å². The normalized spacial score (nSPS) is 15.0. The minimum Gasteiger partial charge on any atom is -0.497 e. The molecule has 0 bridgehead atoms. The number of rotatable bonds is 5. The van der Waals surface area contributed by atoms with Gasteiger partial charge in [-0.3, -0.25) is 9.78 Å². The van der Waals surface area contributed by atoms with E-state index >= 15 is 0 Å². The number of ether oxygens (including phenoxy) is 3. The quantitative estimate of drug-likeness (QED) is 0.616. The standard InChI is InChI=1S/C24H23N3O5/c1-14-12-18-20(23(28)27(14)13-15-8-10-26-11-9-15)19(16-4-6-17(30-2)7-5-16)21(22(25)32-18)24(29)31-3/h4-12,19H,13,25H2,1-3H3. The fourth-order valence-corrected chi connectivity index (χ4v) is 3.89. The summed E-state index contributed by atoms with van der Waals surface area (Å²) in [6, 6.07) is 12.6. The Morgan fingerprint density at radius 2 is 1.84 bits per heavy atom. The Morgan fingerprint density at radius 3 is 2.47 bits per heavy atom. The molecule has 3 heterocycles. The van der Waals surface area contributed by atoms with Crippen LogP contribution in [0.15, 0.2) is 71.1 Å². The molecule has 1 aliphatic rings. The molecule has 0 saturated heterocycles. The lowest BCUT2D eigenvalue weighted by Crippen LogP contribution is -2.35. The van der Waals surface area contributed by atoms with E-state index < -0.39 is 11.9 Å². The predicted molar refractivity (Wildman–Crippen MR) is 117 cm³/mol. The van der Waals surface area contributed by atoms with Crippen molar-refractivity contribution in [2.75, 3.05) is 14.2 Å². The Balaban J connectivity index is 1.93. The second kappa shape index (κ2) is 8.58. The molecule has 32 heavy (non-hydrogen) atoms. The highest BCUT2D eigenvalue weighted by Gasteiger charge is 2.38. The molecule has 2 N–H and O–H groups in total. The SMILES string of the molecule is COC(=O)C1=C(N)Oc2cc(C)n(Cc3ccncc3)c(=O)c2C1c1ccc(OC)cc1. The summed E-state index contributed by atoms with van der Waals surface area (Å²) < 4.78 is 17.6. The van der Waals surface area contributed by atoms with Crippen molar-refractivity contribution in [1.29, 1.82) is 0 Å². The molecule has 1 aromatic carbocycles. The van der Waals surface area contributed by atoms with Gasteiger partial charge in [-0.1, -0.05) is 12.1 Å². The van der Waals surface area contributed by atoms with Crippen molar-refractivity contribution in [3.63, 3.8) is 0 Å². The van der Waals surface area contributed by atoms with Crippen LogP contribution in [0.1, 0.15) is 28.3 Å². The molecule has 0 saturated carbocycles. The molecule has 0 aliphatic carbocycles. The average molecular weight is 433 g/mol. The molecule has 0 fully saturated rings. The van der Waals surface area contributed by atoms with Gasteiger partial charge < -0.3 is 24.5 Å². The highest BCUT2D eigenvalue weighted by molar-refractivity contribution is 5.92. The van der Waals surface area contributed by atoms with Crippen LogP contribution < -0.4 is 20.8 Å². The first kappa shape index (κ1) is 21.2. The van der Waals surface area contributed by atoms with Gasteiger partial charge in [0.1, 0.15) is 17.1 Å². The van der Waals surface area contributed by atoms with Gasteiger partial charge in [0.2, 0.25) is 5.88 Å². The third kappa shape index (κ3) is 3.71. The number of fused-ring (bicyclic) bond motifs is 1. The van der Waals surface area contributed by atoms with Crippen molar-refractivity contribution in [2.45, 2.75) is 19.4 Å². The molecule has 0 spiro atoms. The summed E-state index contributed by atoms with van der Waals surface area (Å²) in [7, 11) is 2.83. The first-order chi connectivity index (χ1) is 15.4. The van der Waals surface area contributed by atoms with Gasteiger partial charge in [0.15, 0.2) is 0 Å². The number of benzene rings is 1. The zero-order chi connectivity index (χ0) is 22.8. The number of hydrogen-bond donors (Lipinski definition) is 1. The molecular weight excluding hydrogens is 410 g/mol. The maximum absolute atomic E-state index is 13.7. The Hall–Kier alpha value is -4.07. The largest absolute Gasteiger partial charge is 0.497 e. The Labute approximate surface area is 184 Å². The molecule has 0 radical (unpaired) electrons. The Kier molecular flexibility index (Phi) is 5.68. The van der Waals surface area contributed by atoms with Crippen molar-refractivity contribution in [1.82, 2.24) is 9.55 Å². The van der Waals surface area contributed by atoms with Crippen LogP contribution in [0.3, 0.4) is 0 Å². The molecule has 1 atom stereocenters. The molecule has 4 rings (SSSR count). The molecular formula is C24H23N3O5. The van der Waals surface area contributed by atoms with Gasteiger partial charge in [-0.25, -0.2) is 4.79 Å². The molecule has 1 aliphatic heterocycles. The van der Waals surface area contributed by atoms with Gasteiger partial charge in [0.05, 0.1) is 32.2 Å². The van der Waals surface area contributed by atoms with Crippen molar-refractivity contribution in [3.05, 3.63) is 99.1 Å². The average Bonchev–Trinajstić information content (AvgIpc) is 2.81. The smallest absolute Gasteiger partial charge is 0.340 e. The zero-order valence-corrected chi connectivity index (χ0v) is 18.0. The number of nitrogens with zero attached hydrogens (tertiary/aromatic N) is 2. The van der Waals surface area contributed by atoms with E-state index in [1.165, 1.54) is 7.11 Å². The zero-order valence-electron chi connectivity index (χ0n) is 18.0. The van der Waals surface area contributed by atoms with E-state index in [0.717, 1.165) is 5.56 Å². The monoisotopic (exact) mass is 433 g/mol.